The lowest BCUT2D eigenvalue weighted by molar-refractivity contribution is -0.143. The van der Waals surface area contributed by atoms with Gasteiger partial charge in [-0.25, -0.2) is 9.59 Å². The van der Waals surface area contributed by atoms with E-state index in [0.29, 0.717) is 19.4 Å². The number of ether oxygens (including phenoxy) is 1. The predicted molar refractivity (Wildman–Crippen MR) is 62.0 cm³/mol. The van der Waals surface area contributed by atoms with E-state index in [1.54, 1.807) is 6.92 Å². The molecule has 0 aromatic carbocycles. The minimum absolute atomic E-state index is 0.171. The van der Waals surface area contributed by atoms with E-state index < -0.39 is 24.0 Å². The van der Waals surface area contributed by atoms with Gasteiger partial charge < -0.3 is 19.6 Å². The maximum absolute atomic E-state index is 12.0. The number of hydrogen-bond acceptors (Lipinski definition) is 4. The second-order valence-electron chi connectivity index (χ2n) is 4.13. The molecule has 1 heterocycles. The average Bonchev–Trinajstić information content (AvgIpc) is 2.76. The fraction of sp³-hybridized carbons (Fsp3) is 0.727. The van der Waals surface area contributed by atoms with Gasteiger partial charge in [-0.3, -0.25) is 4.79 Å². The van der Waals surface area contributed by atoms with Crippen molar-refractivity contribution >= 4 is 18.0 Å². The number of carbonyl (C=O) groups excluding carboxylic acids is 2. The Kier molecular flexibility index (Phi) is 4.94. The van der Waals surface area contributed by atoms with Crippen LogP contribution in [0.2, 0.25) is 0 Å². The van der Waals surface area contributed by atoms with Crippen molar-refractivity contribution in [1.29, 1.82) is 0 Å². The number of nitrogens with zero attached hydrogens (tertiary/aromatic N) is 2. The Morgan fingerprint density at radius 2 is 2.11 bits per heavy atom. The van der Waals surface area contributed by atoms with Crippen molar-refractivity contribution < 1.29 is 24.2 Å². The molecule has 0 saturated carbocycles. The Labute approximate surface area is 105 Å². The van der Waals surface area contributed by atoms with E-state index in [1.165, 1.54) is 16.8 Å². The van der Waals surface area contributed by atoms with Crippen molar-refractivity contribution in [2.45, 2.75) is 25.8 Å². The quantitative estimate of drug-likeness (QED) is 0.725. The molecule has 0 radical (unpaired) electrons. The van der Waals surface area contributed by atoms with Crippen LogP contribution in [0.4, 0.5) is 4.79 Å². The first-order chi connectivity index (χ1) is 8.47. The van der Waals surface area contributed by atoms with Crippen LogP contribution in [-0.2, 0) is 14.3 Å². The third-order valence-electron chi connectivity index (χ3n) is 2.78. The fourth-order valence-electron chi connectivity index (χ4n) is 1.94. The van der Waals surface area contributed by atoms with Gasteiger partial charge in [0.25, 0.3) is 0 Å². The zero-order chi connectivity index (χ0) is 13.7. The number of rotatable bonds is 4. The van der Waals surface area contributed by atoms with Crippen molar-refractivity contribution in [3.8, 4) is 0 Å². The van der Waals surface area contributed by atoms with E-state index in [0.717, 1.165) is 0 Å². The Balaban J connectivity index is 2.57. The highest BCUT2D eigenvalue weighted by Gasteiger charge is 2.35. The molecule has 7 nitrogen and oxygen atoms in total. The number of carboxylic acids is 1. The van der Waals surface area contributed by atoms with E-state index in [2.05, 4.69) is 0 Å². The summed E-state index contributed by atoms with van der Waals surface area (Å²) >= 11 is 0. The molecule has 0 unspecified atom stereocenters. The second-order valence-corrected chi connectivity index (χ2v) is 4.13. The Hall–Kier alpha value is -1.79. The first-order valence-electron chi connectivity index (χ1n) is 5.87. The lowest BCUT2D eigenvalue weighted by atomic mass is 10.2. The van der Waals surface area contributed by atoms with Crippen LogP contribution in [-0.4, -0.2) is 65.7 Å². The Bertz CT molecular complexity index is 344. The molecule has 0 aromatic rings. The minimum Gasteiger partial charge on any atom is -0.480 e. The number of aliphatic carboxylic acids is 1. The second kappa shape index (κ2) is 6.23. The van der Waals surface area contributed by atoms with Crippen LogP contribution in [0.3, 0.4) is 0 Å². The highest BCUT2D eigenvalue weighted by molar-refractivity contribution is 5.85. The van der Waals surface area contributed by atoms with Crippen molar-refractivity contribution in [3.63, 3.8) is 0 Å². The molecule has 1 fully saturated rings. The molecule has 1 rings (SSSR count). The van der Waals surface area contributed by atoms with Gasteiger partial charge in [0.15, 0.2) is 0 Å². The highest BCUT2D eigenvalue weighted by Crippen LogP contribution is 2.18. The summed E-state index contributed by atoms with van der Waals surface area (Å²) in [7, 11) is 1.45. The monoisotopic (exact) mass is 258 g/mol. The number of hydrogen-bond donors (Lipinski definition) is 1. The first-order valence-corrected chi connectivity index (χ1v) is 5.87. The molecule has 0 aromatic heterocycles. The van der Waals surface area contributed by atoms with Gasteiger partial charge >= 0.3 is 18.0 Å². The smallest absolute Gasteiger partial charge is 0.326 e. The van der Waals surface area contributed by atoms with Crippen LogP contribution in [0.1, 0.15) is 19.8 Å². The predicted octanol–water partition coefficient (Wildman–Crippen LogP) is 0.150. The summed E-state index contributed by atoms with van der Waals surface area (Å²) in [6, 6.07) is -1.24. The van der Waals surface area contributed by atoms with Crippen LogP contribution in [0, 0.1) is 0 Å². The maximum atomic E-state index is 12.0. The molecule has 102 valence electrons. The van der Waals surface area contributed by atoms with Crippen LogP contribution in [0.25, 0.3) is 0 Å². The molecule has 18 heavy (non-hydrogen) atoms. The van der Waals surface area contributed by atoms with E-state index in [9.17, 15) is 14.4 Å². The summed E-state index contributed by atoms with van der Waals surface area (Å²) in [5.41, 5.74) is 0. The number of carboxylic acid groups (broad SMARTS) is 1. The zero-order valence-electron chi connectivity index (χ0n) is 10.6. The lowest BCUT2D eigenvalue weighted by Crippen LogP contribution is -2.48. The van der Waals surface area contributed by atoms with Crippen LogP contribution in [0.15, 0.2) is 0 Å². The third kappa shape index (κ3) is 3.35. The molecule has 2 amide bonds. The molecule has 1 atom stereocenters. The number of amides is 2. The minimum atomic E-state index is -1.01. The van der Waals surface area contributed by atoms with Crippen molar-refractivity contribution in [2.24, 2.45) is 0 Å². The summed E-state index contributed by atoms with van der Waals surface area (Å²) in [4.78, 5) is 36.6. The fourth-order valence-corrected chi connectivity index (χ4v) is 1.94. The maximum Gasteiger partial charge on any atom is 0.326 e. The summed E-state index contributed by atoms with van der Waals surface area (Å²) in [6.45, 7) is 2.17. The molecule has 1 aliphatic heterocycles. The summed E-state index contributed by atoms with van der Waals surface area (Å²) in [5, 5.41) is 8.98. The number of carbonyl (C=O) groups is 3. The van der Waals surface area contributed by atoms with Crippen molar-refractivity contribution in [1.82, 2.24) is 9.80 Å². The van der Waals surface area contributed by atoms with Crippen LogP contribution in [0.5, 0.6) is 0 Å². The molecule has 1 aliphatic rings. The van der Waals surface area contributed by atoms with Gasteiger partial charge in [-0.2, -0.15) is 0 Å². The highest BCUT2D eigenvalue weighted by atomic mass is 16.5. The normalized spacial score (nSPS) is 18.6. The molecule has 0 aliphatic carbocycles. The van der Waals surface area contributed by atoms with Gasteiger partial charge in [-0.1, -0.05) is 0 Å². The van der Waals surface area contributed by atoms with Gasteiger partial charge in [0.1, 0.15) is 12.6 Å². The number of likely N-dealkylation sites (tertiary alicyclic amines) is 1. The van der Waals surface area contributed by atoms with Gasteiger partial charge in [-0.05, 0) is 19.8 Å². The van der Waals surface area contributed by atoms with E-state index >= 15 is 0 Å². The topological polar surface area (TPSA) is 87.2 Å². The van der Waals surface area contributed by atoms with Crippen molar-refractivity contribution in [2.75, 3.05) is 26.7 Å². The average molecular weight is 258 g/mol. The molecular weight excluding hydrogens is 240 g/mol. The number of esters is 1. The standard InChI is InChI=1S/C11H18N2O5/c1-3-18-9(14)7-12(2)11(17)13-6-4-5-8(13)10(15)16/h8H,3-7H2,1-2H3,(H,15,16)/t8-/m1/s1. The molecular formula is C11H18N2O5. The zero-order valence-corrected chi connectivity index (χ0v) is 10.6. The summed E-state index contributed by atoms with van der Waals surface area (Å²) in [5.74, 6) is -1.51. The largest absolute Gasteiger partial charge is 0.480 e. The SMILES string of the molecule is CCOC(=O)CN(C)C(=O)N1CCC[C@@H]1C(=O)O. The lowest BCUT2D eigenvalue weighted by Gasteiger charge is -2.26. The summed E-state index contributed by atoms with van der Waals surface area (Å²) < 4.78 is 4.73. The molecule has 1 saturated heterocycles. The van der Waals surface area contributed by atoms with Crippen LogP contribution >= 0.6 is 0 Å². The van der Waals surface area contributed by atoms with Crippen molar-refractivity contribution in [3.05, 3.63) is 0 Å². The Morgan fingerprint density at radius 1 is 1.44 bits per heavy atom. The third-order valence-corrected chi connectivity index (χ3v) is 2.78. The van der Waals surface area contributed by atoms with E-state index in [4.69, 9.17) is 9.84 Å². The molecule has 7 heteroatoms. The van der Waals surface area contributed by atoms with Gasteiger partial charge in [-0.15, -0.1) is 0 Å². The summed E-state index contributed by atoms with van der Waals surface area (Å²) in [6.07, 6.45) is 1.12. The molecule has 1 N–H and O–H groups in total. The Morgan fingerprint density at radius 3 is 2.67 bits per heavy atom. The first kappa shape index (κ1) is 14.3. The number of urea groups is 1. The van der Waals surface area contributed by atoms with E-state index in [1.807, 2.05) is 0 Å². The number of likely N-dealkylation sites (N-methyl/N-ethyl adjacent to an activating group) is 1. The van der Waals surface area contributed by atoms with Crippen LogP contribution < -0.4 is 0 Å². The van der Waals surface area contributed by atoms with E-state index in [-0.39, 0.29) is 13.2 Å². The molecule has 0 spiro atoms. The van der Waals surface area contributed by atoms with Gasteiger partial charge in [0.2, 0.25) is 0 Å². The molecule has 0 bridgehead atoms. The van der Waals surface area contributed by atoms with Gasteiger partial charge in [0.05, 0.1) is 6.61 Å². The van der Waals surface area contributed by atoms with Gasteiger partial charge in [0, 0.05) is 13.6 Å².